The molecule has 154 valence electrons. The number of para-hydroxylation sites is 1. The zero-order valence-electron chi connectivity index (χ0n) is 15.8. The van der Waals surface area contributed by atoms with Crippen molar-refractivity contribution >= 4 is 11.8 Å². The SMILES string of the molecule is COc1ccccc1C(=O)NC1CCN(C(=O)c2ccccc2C(F)(F)F)CC1. The molecular weight excluding hydrogens is 385 g/mol. The fourth-order valence-electron chi connectivity index (χ4n) is 3.41. The molecule has 2 aromatic carbocycles. The summed E-state index contributed by atoms with van der Waals surface area (Å²) < 4.78 is 44.7. The minimum absolute atomic E-state index is 0.172. The number of alkyl halides is 3. The number of ether oxygens (including phenoxy) is 1. The number of nitrogens with zero attached hydrogens (tertiary/aromatic N) is 1. The molecule has 1 aliphatic heterocycles. The van der Waals surface area contributed by atoms with Gasteiger partial charge < -0.3 is 15.0 Å². The van der Waals surface area contributed by atoms with Gasteiger partial charge in [0.15, 0.2) is 0 Å². The van der Waals surface area contributed by atoms with Gasteiger partial charge in [-0.05, 0) is 37.1 Å². The number of carbonyl (C=O) groups is 2. The number of hydrogen-bond donors (Lipinski definition) is 1. The van der Waals surface area contributed by atoms with Crippen LogP contribution in [0.25, 0.3) is 0 Å². The highest BCUT2D eigenvalue weighted by atomic mass is 19.4. The van der Waals surface area contributed by atoms with Crippen LogP contribution in [0.4, 0.5) is 13.2 Å². The molecule has 1 saturated heterocycles. The highest BCUT2D eigenvalue weighted by Gasteiger charge is 2.36. The van der Waals surface area contributed by atoms with Crippen LogP contribution in [-0.2, 0) is 6.18 Å². The van der Waals surface area contributed by atoms with Gasteiger partial charge in [0.05, 0.1) is 23.8 Å². The Kier molecular flexibility index (Phi) is 6.10. The number of benzene rings is 2. The normalized spacial score (nSPS) is 15.1. The van der Waals surface area contributed by atoms with E-state index in [2.05, 4.69) is 5.32 Å². The smallest absolute Gasteiger partial charge is 0.417 e. The molecule has 0 aromatic heterocycles. The van der Waals surface area contributed by atoms with E-state index in [-0.39, 0.29) is 30.6 Å². The number of nitrogens with one attached hydrogen (secondary N) is 1. The molecule has 0 spiro atoms. The molecule has 1 fully saturated rings. The molecule has 0 aliphatic carbocycles. The van der Waals surface area contributed by atoms with Crippen LogP contribution in [0.15, 0.2) is 48.5 Å². The molecule has 5 nitrogen and oxygen atoms in total. The summed E-state index contributed by atoms with van der Waals surface area (Å²) in [5, 5.41) is 2.91. The first-order valence-corrected chi connectivity index (χ1v) is 9.20. The van der Waals surface area contributed by atoms with Gasteiger partial charge in [-0.25, -0.2) is 0 Å². The Bertz CT molecular complexity index is 891. The second-order valence-electron chi connectivity index (χ2n) is 6.78. The number of halogens is 3. The Morgan fingerprint density at radius 2 is 1.59 bits per heavy atom. The average Bonchev–Trinajstić information content (AvgIpc) is 2.73. The van der Waals surface area contributed by atoms with E-state index < -0.39 is 17.6 Å². The maximum atomic E-state index is 13.2. The topological polar surface area (TPSA) is 58.6 Å². The first kappa shape index (κ1) is 20.7. The summed E-state index contributed by atoms with van der Waals surface area (Å²) in [7, 11) is 1.48. The number of carbonyl (C=O) groups excluding carboxylic acids is 2. The van der Waals surface area contributed by atoms with Crippen molar-refractivity contribution in [3.05, 3.63) is 65.2 Å². The van der Waals surface area contributed by atoms with Crippen LogP contribution >= 0.6 is 0 Å². The molecule has 0 saturated carbocycles. The Hall–Kier alpha value is -3.03. The summed E-state index contributed by atoms with van der Waals surface area (Å²) >= 11 is 0. The lowest BCUT2D eigenvalue weighted by Crippen LogP contribution is -2.46. The molecule has 1 N–H and O–H groups in total. The maximum Gasteiger partial charge on any atom is 0.417 e. The largest absolute Gasteiger partial charge is 0.496 e. The molecule has 2 aromatic rings. The Morgan fingerprint density at radius 3 is 2.21 bits per heavy atom. The Morgan fingerprint density at radius 1 is 1.00 bits per heavy atom. The molecule has 0 unspecified atom stereocenters. The van der Waals surface area contributed by atoms with Crippen molar-refractivity contribution in [2.75, 3.05) is 20.2 Å². The van der Waals surface area contributed by atoms with Gasteiger partial charge in [-0.1, -0.05) is 24.3 Å². The molecule has 1 heterocycles. The molecule has 29 heavy (non-hydrogen) atoms. The average molecular weight is 406 g/mol. The summed E-state index contributed by atoms with van der Waals surface area (Å²) in [5.41, 5.74) is -0.874. The van der Waals surface area contributed by atoms with E-state index >= 15 is 0 Å². The molecule has 3 rings (SSSR count). The van der Waals surface area contributed by atoms with E-state index in [1.54, 1.807) is 24.3 Å². The minimum atomic E-state index is -4.59. The number of methoxy groups -OCH3 is 1. The number of likely N-dealkylation sites (tertiary alicyclic amines) is 1. The van der Waals surface area contributed by atoms with Crippen LogP contribution < -0.4 is 10.1 Å². The molecule has 0 atom stereocenters. The number of hydrogen-bond acceptors (Lipinski definition) is 3. The Labute approximate surface area is 166 Å². The molecule has 0 radical (unpaired) electrons. The fourth-order valence-corrected chi connectivity index (χ4v) is 3.41. The minimum Gasteiger partial charge on any atom is -0.496 e. The quantitative estimate of drug-likeness (QED) is 0.842. The lowest BCUT2D eigenvalue weighted by molar-refractivity contribution is -0.138. The predicted octanol–water partition coefficient (Wildman–Crippen LogP) is 3.75. The standard InChI is InChI=1S/C21H21F3N2O3/c1-29-18-9-5-3-7-16(18)19(27)25-14-10-12-26(13-11-14)20(28)15-6-2-4-8-17(15)21(22,23)24/h2-9,14H,10-13H2,1H3,(H,25,27). The van der Waals surface area contributed by atoms with Crippen LogP contribution in [0.5, 0.6) is 5.75 Å². The van der Waals surface area contributed by atoms with E-state index in [4.69, 9.17) is 4.74 Å². The summed E-state index contributed by atoms with van der Waals surface area (Å²) in [4.78, 5) is 26.5. The van der Waals surface area contributed by atoms with Crippen molar-refractivity contribution in [2.24, 2.45) is 0 Å². The summed E-state index contributed by atoms with van der Waals surface area (Å²) in [6, 6.07) is 11.5. The van der Waals surface area contributed by atoms with Crippen LogP contribution in [0, 0.1) is 0 Å². The highest BCUT2D eigenvalue weighted by molar-refractivity contribution is 5.97. The monoisotopic (exact) mass is 406 g/mol. The third kappa shape index (κ3) is 4.70. The van der Waals surface area contributed by atoms with Crippen molar-refractivity contribution in [1.82, 2.24) is 10.2 Å². The molecule has 1 aliphatic rings. The number of amides is 2. The number of rotatable bonds is 4. The van der Waals surface area contributed by atoms with Crippen molar-refractivity contribution in [3.63, 3.8) is 0 Å². The van der Waals surface area contributed by atoms with Crippen LogP contribution in [-0.4, -0.2) is 43.0 Å². The van der Waals surface area contributed by atoms with Crippen LogP contribution in [0.3, 0.4) is 0 Å². The predicted molar refractivity (Wildman–Crippen MR) is 101 cm³/mol. The van der Waals surface area contributed by atoms with Crippen molar-refractivity contribution in [2.45, 2.75) is 25.1 Å². The van der Waals surface area contributed by atoms with Crippen molar-refractivity contribution in [3.8, 4) is 5.75 Å². The lowest BCUT2D eigenvalue weighted by Gasteiger charge is -2.33. The van der Waals surface area contributed by atoms with Gasteiger partial charge in [0.2, 0.25) is 0 Å². The second kappa shape index (κ2) is 8.55. The third-order valence-electron chi connectivity index (χ3n) is 4.93. The first-order valence-electron chi connectivity index (χ1n) is 9.20. The zero-order valence-corrected chi connectivity index (χ0v) is 15.8. The van der Waals surface area contributed by atoms with Gasteiger partial charge in [0.1, 0.15) is 5.75 Å². The van der Waals surface area contributed by atoms with Gasteiger partial charge >= 0.3 is 6.18 Å². The Balaban J connectivity index is 1.63. The van der Waals surface area contributed by atoms with Gasteiger partial charge in [-0.2, -0.15) is 13.2 Å². The molecule has 8 heteroatoms. The summed E-state index contributed by atoms with van der Waals surface area (Å²) in [6.07, 6.45) is -3.67. The van der Waals surface area contributed by atoms with E-state index in [1.807, 2.05) is 0 Å². The van der Waals surface area contributed by atoms with E-state index in [0.717, 1.165) is 6.07 Å². The van der Waals surface area contributed by atoms with E-state index in [1.165, 1.54) is 30.2 Å². The number of piperidine rings is 1. The van der Waals surface area contributed by atoms with E-state index in [9.17, 15) is 22.8 Å². The summed E-state index contributed by atoms with van der Waals surface area (Å²) in [5.74, 6) is -0.469. The van der Waals surface area contributed by atoms with Gasteiger partial charge in [-0.3, -0.25) is 9.59 Å². The molecule has 2 amide bonds. The van der Waals surface area contributed by atoms with Crippen molar-refractivity contribution in [1.29, 1.82) is 0 Å². The fraction of sp³-hybridized carbons (Fsp3) is 0.333. The third-order valence-corrected chi connectivity index (χ3v) is 4.93. The highest BCUT2D eigenvalue weighted by Crippen LogP contribution is 2.32. The van der Waals surface area contributed by atoms with Gasteiger partial charge in [0.25, 0.3) is 11.8 Å². The molecule has 0 bridgehead atoms. The van der Waals surface area contributed by atoms with E-state index in [0.29, 0.717) is 24.2 Å². The van der Waals surface area contributed by atoms with Gasteiger partial charge in [-0.15, -0.1) is 0 Å². The zero-order chi connectivity index (χ0) is 21.0. The lowest BCUT2D eigenvalue weighted by atomic mass is 10.0. The van der Waals surface area contributed by atoms with Gasteiger partial charge in [0, 0.05) is 19.1 Å². The maximum absolute atomic E-state index is 13.2. The summed E-state index contributed by atoms with van der Waals surface area (Å²) in [6.45, 7) is 0.532. The second-order valence-corrected chi connectivity index (χ2v) is 6.78. The van der Waals surface area contributed by atoms with Crippen LogP contribution in [0.2, 0.25) is 0 Å². The van der Waals surface area contributed by atoms with Crippen LogP contribution in [0.1, 0.15) is 39.1 Å². The molecular formula is C21H21F3N2O3. The first-order chi connectivity index (χ1) is 13.8. The van der Waals surface area contributed by atoms with Crippen molar-refractivity contribution < 1.29 is 27.5 Å².